The zero-order chi connectivity index (χ0) is 10.7. The third-order valence-electron chi connectivity index (χ3n) is 1.96. The average Bonchev–Trinajstić information content (AvgIpc) is 2.09. The molecule has 14 heavy (non-hydrogen) atoms. The van der Waals surface area contributed by atoms with Crippen molar-refractivity contribution >= 4 is 29.1 Å². The Morgan fingerprint density at radius 3 is 2.57 bits per heavy atom. The van der Waals surface area contributed by atoms with Gasteiger partial charge < -0.3 is 10.8 Å². The first kappa shape index (κ1) is 11.7. The number of halogens is 1. The molecule has 0 radical (unpaired) electrons. The first-order valence-electron chi connectivity index (χ1n) is 4.40. The topological polar surface area (TPSA) is 46.2 Å². The van der Waals surface area contributed by atoms with Crippen LogP contribution in [0.25, 0.3) is 0 Å². The number of rotatable bonds is 3. The molecule has 0 bridgehead atoms. The lowest BCUT2D eigenvalue weighted by molar-refractivity contribution is 0.196. The highest BCUT2D eigenvalue weighted by Gasteiger charge is 2.11. The third-order valence-corrected chi connectivity index (χ3v) is 3.59. The van der Waals surface area contributed by atoms with E-state index in [1.54, 1.807) is 30.8 Å². The van der Waals surface area contributed by atoms with Crippen molar-refractivity contribution in [3.63, 3.8) is 0 Å². The second kappa shape index (κ2) is 4.91. The van der Waals surface area contributed by atoms with Gasteiger partial charge in [-0.15, -0.1) is 11.8 Å². The fraction of sp³-hybridized carbons (Fsp3) is 0.400. The molecule has 78 valence electrons. The van der Waals surface area contributed by atoms with Crippen molar-refractivity contribution in [2.24, 2.45) is 0 Å². The molecule has 2 atom stereocenters. The lowest BCUT2D eigenvalue weighted by Gasteiger charge is -2.15. The lowest BCUT2D eigenvalue weighted by Crippen LogP contribution is -2.15. The average molecular weight is 232 g/mol. The summed E-state index contributed by atoms with van der Waals surface area (Å²) in [6, 6.07) is 5.40. The largest absolute Gasteiger partial charge is 0.398 e. The maximum Gasteiger partial charge on any atom is 0.0631 e. The number of hydrogen-bond donors (Lipinski definition) is 2. The van der Waals surface area contributed by atoms with Crippen molar-refractivity contribution in [2.75, 3.05) is 5.73 Å². The van der Waals surface area contributed by atoms with Crippen LogP contribution in [-0.4, -0.2) is 16.5 Å². The Bertz CT molecular complexity index is 317. The maximum atomic E-state index is 9.34. The standard InChI is InChI=1S/C10H14ClNOS/c1-6(13)7(2)14-10-4-3-8(11)5-9(10)12/h3-7,13H,12H2,1-2H3. The molecule has 0 amide bonds. The van der Waals surface area contributed by atoms with E-state index < -0.39 is 0 Å². The Kier molecular flexibility index (Phi) is 4.11. The molecule has 0 aromatic heterocycles. The van der Waals surface area contributed by atoms with E-state index in [1.165, 1.54) is 0 Å². The number of hydrogen-bond acceptors (Lipinski definition) is 3. The summed E-state index contributed by atoms with van der Waals surface area (Å²) >= 11 is 7.33. The molecule has 0 spiro atoms. The van der Waals surface area contributed by atoms with Gasteiger partial charge in [-0.25, -0.2) is 0 Å². The zero-order valence-corrected chi connectivity index (χ0v) is 9.77. The normalized spacial score (nSPS) is 15.1. The second-order valence-corrected chi connectivity index (χ2v) is 5.10. The number of nitrogen functional groups attached to an aromatic ring is 1. The van der Waals surface area contributed by atoms with E-state index in [0.29, 0.717) is 10.7 Å². The van der Waals surface area contributed by atoms with Crippen molar-refractivity contribution in [1.29, 1.82) is 0 Å². The molecule has 0 heterocycles. The second-order valence-electron chi connectivity index (χ2n) is 3.25. The van der Waals surface area contributed by atoms with Gasteiger partial charge in [-0.1, -0.05) is 18.5 Å². The van der Waals surface area contributed by atoms with Crippen molar-refractivity contribution in [3.8, 4) is 0 Å². The van der Waals surface area contributed by atoms with Crippen LogP contribution in [0.15, 0.2) is 23.1 Å². The monoisotopic (exact) mass is 231 g/mol. The van der Waals surface area contributed by atoms with Gasteiger partial charge in [0, 0.05) is 20.9 Å². The van der Waals surface area contributed by atoms with Crippen LogP contribution in [0.3, 0.4) is 0 Å². The highest BCUT2D eigenvalue weighted by molar-refractivity contribution is 8.00. The van der Waals surface area contributed by atoms with E-state index in [9.17, 15) is 5.11 Å². The molecule has 0 aliphatic heterocycles. The van der Waals surface area contributed by atoms with Crippen molar-refractivity contribution < 1.29 is 5.11 Å². The summed E-state index contributed by atoms with van der Waals surface area (Å²) in [6.45, 7) is 3.73. The number of aliphatic hydroxyl groups is 1. The van der Waals surface area contributed by atoms with Crippen molar-refractivity contribution in [2.45, 2.75) is 30.1 Å². The Balaban J connectivity index is 2.77. The molecular weight excluding hydrogens is 218 g/mol. The van der Waals surface area contributed by atoms with E-state index in [0.717, 1.165) is 4.90 Å². The molecule has 1 aromatic rings. The summed E-state index contributed by atoms with van der Waals surface area (Å²) in [5.74, 6) is 0. The fourth-order valence-electron chi connectivity index (χ4n) is 0.925. The van der Waals surface area contributed by atoms with Gasteiger partial charge in [-0.05, 0) is 25.1 Å². The van der Waals surface area contributed by atoms with Gasteiger partial charge in [-0.2, -0.15) is 0 Å². The molecule has 2 nitrogen and oxygen atoms in total. The van der Waals surface area contributed by atoms with E-state index in [-0.39, 0.29) is 11.4 Å². The van der Waals surface area contributed by atoms with Crippen LogP contribution in [0, 0.1) is 0 Å². The van der Waals surface area contributed by atoms with Crippen LogP contribution in [0.2, 0.25) is 5.02 Å². The molecule has 0 saturated heterocycles. The highest BCUT2D eigenvalue weighted by atomic mass is 35.5. The smallest absolute Gasteiger partial charge is 0.0631 e. The Labute approximate surface area is 93.5 Å². The number of aliphatic hydroxyl groups excluding tert-OH is 1. The van der Waals surface area contributed by atoms with E-state index in [4.69, 9.17) is 17.3 Å². The predicted octanol–water partition coefficient (Wildman–Crippen LogP) is 2.78. The molecule has 3 N–H and O–H groups in total. The number of benzene rings is 1. The number of anilines is 1. The van der Waals surface area contributed by atoms with Crippen molar-refractivity contribution in [3.05, 3.63) is 23.2 Å². The SMILES string of the molecule is CC(O)C(C)Sc1ccc(Cl)cc1N. The van der Waals surface area contributed by atoms with Crippen LogP contribution in [0.1, 0.15) is 13.8 Å². The van der Waals surface area contributed by atoms with Crippen LogP contribution in [0.5, 0.6) is 0 Å². The van der Waals surface area contributed by atoms with Gasteiger partial charge in [-0.3, -0.25) is 0 Å². The van der Waals surface area contributed by atoms with E-state index >= 15 is 0 Å². The Hall–Kier alpha value is -0.380. The number of thioether (sulfide) groups is 1. The minimum absolute atomic E-state index is 0.124. The van der Waals surface area contributed by atoms with Crippen LogP contribution < -0.4 is 5.73 Å². The third kappa shape index (κ3) is 3.08. The van der Waals surface area contributed by atoms with Crippen LogP contribution >= 0.6 is 23.4 Å². The van der Waals surface area contributed by atoms with Crippen LogP contribution in [-0.2, 0) is 0 Å². The van der Waals surface area contributed by atoms with E-state index in [2.05, 4.69) is 0 Å². The number of nitrogens with two attached hydrogens (primary N) is 1. The fourth-order valence-corrected chi connectivity index (χ4v) is 2.05. The molecule has 4 heteroatoms. The Morgan fingerprint density at radius 2 is 2.07 bits per heavy atom. The quantitative estimate of drug-likeness (QED) is 0.621. The molecule has 0 saturated carbocycles. The molecule has 0 aliphatic carbocycles. The summed E-state index contributed by atoms with van der Waals surface area (Å²) in [5.41, 5.74) is 6.44. The summed E-state index contributed by atoms with van der Waals surface area (Å²) in [6.07, 6.45) is -0.352. The Morgan fingerprint density at radius 1 is 1.43 bits per heavy atom. The molecule has 0 aliphatic rings. The summed E-state index contributed by atoms with van der Waals surface area (Å²) in [5, 5.41) is 10.1. The highest BCUT2D eigenvalue weighted by Crippen LogP contribution is 2.31. The zero-order valence-electron chi connectivity index (χ0n) is 8.20. The minimum Gasteiger partial charge on any atom is -0.398 e. The first-order valence-corrected chi connectivity index (χ1v) is 5.66. The lowest BCUT2D eigenvalue weighted by atomic mass is 10.3. The van der Waals surface area contributed by atoms with Crippen molar-refractivity contribution in [1.82, 2.24) is 0 Å². The van der Waals surface area contributed by atoms with Gasteiger partial charge in [0.25, 0.3) is 0 Å². The van der Waals surface area contributed by atoms with Crippen LogP contribution in [0.4, 0.5) is 5.69 Å². The predicted molar refractivity (Wildman–Crippen MR) is 62.9 cm³/mol. The molecule has 2 unspecified atom stereocenters. The van der Waals surface area contributed by atoms with Gasteiger partial charge in [0.15, 0.2) is 0 Å². The van der Waals surface area contributed by atoms with E-state index in [1.807, 2.05) is 13.0 Å². The molecular formula is C10H14ClNOS. The maximum absolute atomic E-state index is 9.34. The molecule has 0 fully saturated rings. The van der Waals surface area contributed by atoms with Gasteiger partial charge in [0.1, 0.15) is 0 Å². The van der Waals surface area contributed by atoms with Gasteiger partial charge >= 0.3 is 0 Å². The minimum atomic E-state index is -0.352. The molecule has 1 rings (SSSR count). The summed E-state index contributed by atoms with van der Waals surface area (Å²) in [7, 11) is 0. The van der Waals surface area contributed by atoms with Gasteiger partial charge in [0.2, 0.25) is 0 Å². The summed E-state index contributed by atoms with van der Waals surface area (Å²) in [4.78, 5) is 0.961. The molecule has 1 aromatic carbocycles. The summed E-state index contributed by atoms with van der Waals surface area (Å²) < 4.78 is 0. The first-order chi connectivity index (χ1) is 6.50. The van der Waals surface area contributed by atoms with Gasteiger partial charge in [0.05, 0.1) is 6.10 Å².